The molecule has 1 aromatic rings. The number of hydrogen-bond donors (Lipinski definition) is 2. The number of nitrogens with zero attached hydrogens (tertiary/aromatic N) is 1. The second-order valence-electron chi connectivity index (χ2n) is 4.54. The third-order valence-electron chi connectivity index (χ3n) is 3.00. The van der Waals surface area contributed by atoms with E-state index in [0.717, 1.165) is 25.9 Å². The predicted molar refractivity (Wildman–Crippen MR) is 63.7 cm³/mol. The molecular weight excluding hydrogens is 236 g/mol. The van der Waals surface area contributed by atoms with Crippen LogP contribution in [0.4, 0.5) is 0 Å². The Balaban J connectivity index is 1.96. The van der Waals surface area contributed by atoms with Crippen LogP contribution in [-0.2, 0) is 0 Å². The van der Waals surface area contributed by atoms with E-state index in [1.807, 2.05) is 7.05 Å². The molecule has 1 aliphatic rings. The zero-order valence-electron chi connectivity index (χ0n) is 10.2. The van der Waals surface area contributed by atoms with Crippen LogP contribution in [0.5, 0.6) is 0 Å². The summed E-state index contributed by atoms with van der Waals surface area (Å²) in [6, 6.07) is 2.75. The molecule has 1 saturated heterocycles. The van der Waals surface area contributed by atoms with Crippen molar-refractivity contribution in [2.45, 2.75) is 18.9 Å². The molecule has 1 atom stereocenters. The highest BCUT2D eigenvalue weighted by Crippen LogP contribution is 2.11. The molecule has 1 fully saturated rings. The fourth-order valence-electron chi connectivity index (χ4n) is 2.12. The van der Waals surface area contributed by atoms with Gasteiger partial charge in [0.1, 0.15) is 0 Å². The highest BCUT2D eigenvalue weighted by Gasteiger charge is 2.21. The highest BCUT2D eigenvalue weighted by atomic mass is 16.4. The lowest BCUT2D eigenvalue weighted by Crippen LogP contribution is -2.46. The van der Waals surface area contributed by atoms with Gasteiger partial charge in [-0.25, -0.2) is 4.79 Å². The van der Waals surface area contributed by atoms with Crippen LogP contribution < -0.4 is 5.32 Å². The summed E-state index contributed by atoms with van der Waals surface area (Å²) in [5, 5.41) is 11.6. The standard InChI is InChI=1S/C12H16N2O4/c1-14-6-2-3-8(7-14)13-11(15)9-4-5-10(18-9)12(16)17/h4-5,8H,2-3,6-7H2,1H3,(H,13,15)(H,16,17). The van der Waals surface area contributed by atoms with Gasteiger partial charge in [-0.3, -0.25) is 4.79 Å². The molecule has 98 valence electrons. The Labute approximate surface area is 105 Å². The number of amides is 1. The minimum absolute atomic E-state index is 0.0422. The molecule has 1 aliphatic heterocycles. The minimum atomic E-state index is -1.17. The number of likely N-dealkylation sites (tertiary alicyclic amines) is 1. The maximum Gasteiger partial charge on any atom is 0.371 e. The van der Waals surface area contributed by atoms with Crippen LogP contribution in [-0.4, -0.2) is 48.1 Å². The highest BCUT2D eigenvalue weighted by molar-refractivity contribution is 5.93. The van der Waals surface area contributed by atoms with Crippen LogP contribution in [0.2, 0.25) is 0 Å². The first-order chi connectivity index (χ1) is 8.56. The van der Waals surface area contributed by atoms with Gasteiger partial charge in [0.25, 0.3) is 5.91 Å². The smallest absolute Gasteiger partial charge is 0.371 e. The fraction of sp³-hybridized carbons (Fsp3) is 0.500. The average molecular weight is 252 g/mol. The summed E-state index contributed by atoms with van der Waals surface area (Å²) in [7, 11) is 2.01. The zero-order chi connectivity index (χ0) is 13.1. The van der Waals surface area contributed by atoms with Gasteiger partial charge in [-0.15, -0.1) is 0 Å². The molecule has 1 aromatic heterocycles. The van der Waals surface area contributed by atoms with E-state index in [-0.39, 0.29) is 23.5 Å². The van der Waals surface area contributed by atoms with E-state index >= 15 is 0 Å². The second-order valence-corrected chi connectivity index (χ2v) is 4.54. The topological polar surface area (TPSA) is 82.8 Å². The zero-order valence-corrected chi connectivity index (χ0v) is 10.2. The minimum Gasteiger partial charge on any atom is -0.475 e. The van der Waals surface area contributed by atoms with Crippen molar-refractivity contribution in [3.8, 4) is 0 Å². The number of rotatable bonds is 3. The van der Waals surface area contributed by atoms with Crippen LogP contribution in [0.1, 0.15) is 34.0 Å². The maximum absolute atomic E-state index is 11.8. The molecule has 2 N–H and O–H groups in total. The third kappa shape index (κ3) is 2.89. The predicted octanol–water partition coefficient (Wildman–Crippen LogP) is 0.802. The van der Waals surface area contributed by atoms with Gasteiger partial charge < -0.3 is 19.7 Å². The first-order valence-corrected chi connectivity index (χ1v) is 5.89. The van der Waals surface area contributed by atoms with E-state index in [9.17, 15) is 9.59 Å². The quantitative estimate of drug-likeness (QED) is 0.831. The number of carboxylic acids is 1. The summed E-state index contributed by atoms with van der Waals surface area (Å²) >= 11 is 0. The number of furan rings is 1. The Bertz CT molecular complexity index is 455. The van der Waals surface area contributed by atoms with E-state index in [0.29, 0.717) is 0 Å². The van der Waals surface area contributed by atoms with Gasteiger partial charge in [-0.05, 0) is 38.6 Å². The number of aromatic carboxylic acids is 1. The van der Waals surface area contributed by atoms with Crippen molar-refractivity contribution >= 4 is 11.9 Å². The number of piperidine rings is 1. The van der Waals surface area contributed by atoms with Crippen LogP contribution >= 0.6 is 0 Å². The number of carboxylic acid groups (broad SMARTS) is 1. The molecule has 18 heavy (non-hydrogen) atoms. The van der Waals surface area contributed by atoms with Crippen molar-refractivity contribution in [1.29, 1.82) is 0 Å². The molecule has 0 radical (unpaired) electrons. The Morgan fingerprint density at radius 2 is 2.17 bits per heavy atom. The van der Waals surface area contributed by atoms with Crippen molar-refractivity contribution in [3.05, 3.63) is 23.7 Å². The second kappa shape index (κ2) is 5.22. The number of carbonyl (C=O) groups excluding carboxylic acids is 1. The van der Waals surface area contributed by atoms with E-state index in [2.05, 4.69) is 10.2 Å². The van der Waals surface area contributed by atoms with Gasteiger partial charge in [0.05, 0.1) is 0 Å². The van der Waals surface area contributed by atoms with Crippen LogP contribution in [0.15, 0.2) is 16.5 Å². The first-order valence-electron chi connectivity index (χ1n) is 5.89. The fourth-order valence-corrected chi connectivity index (χ4v) is 2.12. The molecule has 1 amide bonds. The Hall–Kier alpha value is -1.82. The third-order valence-corrected chi connectivity index (χ3v) is 3.00. The van der Waals surface area contributed by atoms with Crippen molar-refractivity contribution in [2.75, 3.05) is 20.1 Å². The van der Waals surface area contributed by atoms with Crippen molar-refractivity contribution < 1.29 is 19.1 Å². The molecule has 0 aromatic carbocycles. The van der Waals surface area contributed by atoms with Gasteiger partial charge in [0.15, 0.2) is 5.76 Å². The van der Waals surface area contributed by atoms with Crippen LogP contribution in [0.25, 0.3) is 0 Å². The summed E-state index contributed by atoms with van der Waals surface area (Å²) in [5.74, 6) is -1.71. The van der Waals surface area contributed by atoms with Crippen molar-refractivity contribution in [3.63, 3.8) is 0 Å². The van der Waals surface area contributed by atoms with Crippen molar-refractivity contribution in [1.82, 2.24) is 10.2 Å². The summed E-state index contributed by atoms with van der Waals surface area (Å²) in [6.45, 7) is 1.84. The van der Waals surface area contributed by atoms with Gasteiger partial charge in [-0.1, -0.05) is 0 Å². The molecule has 6 nitrogen and oxygen atoms in total. The van der Waals surface area contributed by atoms with Gasteiger partial charge in [0.2, 0.25) is 5.76 Å². The summed E-state index contributed by atoms with van der Waals surface area (Å²) in [6.07, 6.45) is 1.97. The molecule has 2 rings (SSSR count). The van der Waals surface area contributed by atoms with Gasteiger partial charge in [-0.2, -0.15) is 0 Å². The molecule has 0 saturated carbocycles. The molecule has 1 unspecified atom stereocenters. The summed E-state index contributed by atoms with van der Waals surface area (Å²) < 4.78 is 4.95. The molecule has 0 spiro atoms. The van der Waals surface area contributed by atoms with E-state index in [1.54, 1.807) is 0 Å². The number of likely N-dealkylation sites (N-methyl/N-ethyl adjacent to an activating group) is 1. The average Bonchev–Trinajstić information content (AvgIpc) is 2.78. The largest absolute Gasteiger partial charge is 0.475 e. The van der Waals surface area contributed by atoms with E-state index < -0.39 is 5.97 Å². The van der Waals surface area contributed by atoms with E-state index in [4.69, 9.17) is 9.52 Å². The molecule has 6 heteroatoms. The number of hydrogen-bond acceptors (Lipinski definition) is 4. The first kappa shape index (κ1) is 12.6. The number of nitrogens with one attached hydrogen (secondary N) is 1. The lowest BCUT2D eigenvalue weighted by molar-refractivity contribution is 0.0659. The van der Waals surface area contributed by atoms with Gasteiger partial charge in [0, 0.05) is 12.6 Å². The lowest BCUT2D eigenvalue weighted by atomic mass is 10.1. The SMILES string of the molecule is CN1CCCC(NC(=O)c2ccc(C(=O)O)o2)C1. The Morgan fingerprint density at radius 3 is 2.78 bits per heavy atom. The monoisotopic (exact) mass is 252 g/mol. The molecule has 0 bridgehead atoms. The summed E-state index contributed by atoms with van der Waals surface area (Å²) in [5.41, 5.74) is 0. The number of carbonyl (C=O) groups is 2. The van der Waals surface area contributed by atoms with E-state index in [1.165, 1.54) is 12.1 Å². The Kier molecular flexibility index (Phi) is 3.66. The lowest BCUT2D eigenvalue weighted by Gasteiger charge is -2.29. The van der Waals surface area contributed by atoms with Gasteiger partial charge >= 0.3 is 5.97 Å². The summed E-state index contributed by atoms with van der Waals surface area (Å²) in [4.78, 5) is 24.6. The molecule has 0 aliphatic carbocycles. The van der Waals surface area contributed by atoms with Crippen LogP contribution in [0.3, 0.4) is 0 Å². The maximum atomic E-state index is 11.8. The Morgan fingerprint density at radius 1 is 1.44 bits per heavy atom. The molecule has 2 heterocycles. The molecular formula is C12H16N2O4. The van der Waals surface area contributed by atoms with Crippen LogP contribution in [0, 0.1) is 0 Å². The normalized spacial score (nSPS) is 20.6. The van der Waals surface area contributed by atoms with Crippen molar-refractivity contribution in [2.24, 2.45) is 0 Å².